The van der Waals surface area contributed by atoms with E-state index in [1.807, 2.05) is 12.1 Å². The van der Waals surface area contributed by atoms with E-state index in [1.165, 1.54) is 18.4 Å². The van der Waals surface area contributed by atoms with Gasteiger partial charge in [0.05, 0.1) is 6.61 Å². The fraction of sp³-hybridized carbons (Fsp3) is 0.600. The molecule has 18 heavy (non-hydrogen) atoms. The Balaban J connectivity index is 1.61. The van der Waals surface area contributed by atoms with Gasteiger partial charge in [-0.25, -0.2) is 0 Å². The van der Waals surface area contributed by atoms with Crippen molar-refractivity contribution in [1.29, 1.82) is 0 Å². The standard InChI is InChI=1S/C15H23NO2/c17-10-6-2-1-5-9-16-11-13-12-18-15-8-4-3-7-14(13)15/h3-4,7-8,13,16-17H,1-2,5-6,9-12H2. The van der Waals surface area contributed by atoms with Gasteiger partial charge in [0.2, 0.25) is 0 Å². The number of fused-ring (bicyclic) bond motifs is 1. The maximum Gasteiger partial charge on any atom is 0.122 e. The van der Waals surface area contributed by atoms with Gasteiger partial charge in [0.1, 0.15) is 5.75 Å². The predicted octanol–water partition coefficient (Wildman–Crippen LogP) is 2.30. The fourth-order valence-electron chi connectivity index (χ4n) is 2.39. The number of nitrogens with one attached hydrogen (secondary N) is 1. The molecule has 1 aromatic rings. The summed E-state index contributed by atoms with van der Waals surface area (Å²) < 4.78 is 5.65. The van der Waals surface area contributed by atoms with Gasteiger partial charge in [-0.2, -0.15) is 0 Å². The van der Waals surface area contributed by atoms with Gasteiger partial charge in [-0.05, 0) is 25.5 Å². The lowest BCUT2D eigenvalue weighted by atomic mass is 10.0. The highest BCUT2D eigenvalue weighted by Crippen LogP contribution is 2.32. The summed E-state index contributed by atoms with van der Waals surface area (Å²) in [4.78, 5) is 0. The van der Waals surface area contributed by atoms with E-state index in [0.717, 1.165) is 38.3 Å². The number of hydrogen-bond donors (Lipinski definition) is 2. The van der Waals surface area contributed by atoms with Gasteiger partial charge in [-0.1, -0.05) is 31.0 Å². The normalized spacial score (nSPS) is 17.5. The summed E-state index contributed by atoms with van der Waals surface area (Å²) >= 11 is 0. The molecule has 0 saturated carbocycles. The highest BCUT2D eigenvalue weighted by atomic mass is 16.5. The van der Waals surface area contributed by atoms with Crippen molar-refractivity contribution in [3.05, 3.63) is 29.8 Å². The van der Waals surface area contributed by atoms with E-state index in [-0.39, 0.29) is 0 Å². The van der Waals surface area contributed by atoms with Crippen LogP contribution in [-0.4, -0.2) is 31.4 Å². The van der Waals surface area contributed by atoms with E-state index in [1.54, 1.807) is 0 Å². The van der Waals surface area contributed by atoms with Crippen LogP contribution >= 0.6 is 0 Å². The Morgan fingerprint density at radius 2 is 2.00 bits per heavy atom. The maximum absolute atomic E-state index is 8.68. The van der Waals surface area contributed by atoms with E-state index in [0.29, 0.717) is 12.5 Å². The Morgan fingerprint density at radius 1 is 1.17 bits per heavy atom. The zero-order chi connectivity index (χ0) is 12.6. The molecule has 1 aliphatic heterocycles. The Morgan fingerprint density at radius 3 is 2.89 bits per heavy atom. The smallest absolute Gasteiger partial charge is 0.122 e. The summed E-state index contributed by atoms with van der Waals surface area (Å²) in [5.74, 6) is 1.55. The summed E-state index contributed by atoms with van der Waals surface area (Å²) in [6.45, 7) is 3.18. The highest BCUT2D eigenvalue weighted by molar-refractivity contribution is 5.39. The molecule has 0 amide bonds. The van der Waals surface area contributed by atoms with Gasteiger partial charge in [0.15, 0.2) is 0 Å². The van der Waals surface area contributed by atoms with E-state index in [2.05, 4.69) is 17.4 Å². The highest BCUT2D eigenvalue weighted by Gasteiger charge is 2.22. The van der Waals surface area contributed by atoms with Crippen molar-refractivity contribution in [3.8, 4) is 5.75 Å². The molecule has 0 radical (unpaired) electrons. The second kappa shape index (κ2) is 7.39. The molecular weight excluding hydrogens is 226 g/mol. The summed E-state index contributed by atoms with van der Waals surface area (Å²) in [7, 11) is 0. The van der Waals surface area contributed by atoms with Gasteiger partial charge < -0.3 is 15.2 Å². The van der Waals surface area contributed by atoms with Crippen molar-refractivity contribution in [2.75, 3.05) is 26.3 Å². The molecule has 0 fully saturated rings. The Hall–Kier alpha value is -1.06. The zero-order valence-electron chi connectivity index (χ0n) is 10.9. The Kier molecular flexibility index (Phi) is 5.49. The van der Waals surface area contributed by atoms with E-state index in [9.17, 15) is 0 Å². The molecule has 2 N–H and O–H groups in total. The summed E-state index contributed by atoms with van der Waals surface area (Å²) in [5, 5.41) is 12.2. The number of unbranched alkanes of at least 4 members (excludes halogenated alkanes) is 3. The minimum atomic E-state index is 0.323. The number of aliphatic hydroxyl groups excluding tert-OH is 1. The van der Waals surface area contributed by atoms with Crippen LogP contribution in [0.2, 0.25) is 0 Å². The van der Waals surface area contributed by atoms with Gasteiger partial charge in [-0.3, -0.25) is 0 Å². The number of rotatable bonds is 8. The molecule has 1 atom stereocenters. The lowest BCUT2D eigenvalue weighted by Crippen LogP contribution is -2.23. The Bertz CT molecular complexity index is 354. The first-order valence-electron chi connectivity index (χ1n) is 6.95. The first kappa shape index (κ1) is 13.4. The van der Waals surface area contributed by atoms with Crippen LogP contribution in [0.3, 0.4) is 0 Å². The monoisotopic (exact) mass is 249 g/mol. The van der Waals surface area contributed by atoms with E-state index >= 15 is 0 Å². The molecule has 3 heteroatoms. The third kappa shape index (κ3) is 3.72. The minimum Gasteiger partial charge on any atom is -0.493 e. The van der Waals surface area contributed by atoms with E-state index < -0.39 is 0 Å². The molecule has 1 unspecified atom stereocenters. The second-order valence-corrected chi connectivity index (χ2v) is 4.89. The molecule has 100 valence electrons. The zero-order valence-corrected chi connectivity index (χ0v) is 10.9. The largest absolute Gasteiger partial charge is 0.493 e. The average molecular weight is 249 g/mol. The summed E-state index contributed by atoms with van der Waals surface area (Å²) in [6, 6.07) is 8.31. The van der Waals surface area contributed by atoms with Crippen LogP contribution in [0, 0.1) is 0 Å². The van der Waals surface area contributed by atoms with Crippen molar-refractivity contribution < 1.29 is 9.84 Å². The van der Waals surface area contributed by atoms with Crippen molar-refractivity contribution >= 4 is 0 Å². The van der Waals surface area contributed by atoms with E-state index in [4.69, 9.17) is 9.84 Å². The lowest BCUT2D eigenvalue weighted by Gasteiger charge is -2.10. The third-order valence-electron chi connectivity index (χ3n) is 3.45. The molecule has 0 aromatic heterocycles. The van der Waals surface area contributed by atoms with Crippen LogP contribution in [0.25, 0.3) is 0 Å². The van der Waals surface area contributed by atoms with Gasteiger partial charge in [-0.15, -0.1) is 0 Å². The molecule has 3 nitrogen and oxygen atoms in total. The minimum absolute atomic E-state index is 0.323. The SMILES string of the molecule is OCCCCCCNCC1COc2ccccc21. The van der Waals surface area contributed by atoms with Crippen LogP contribution < -0.4 is 10.1 Å². The third-order valence-corrected chi connectivity index (χ3v) is 3.45. The quantitative estimate of drug-likeness (QED) is 0.695. The van der Waals surface area contributed by atoms with Gasteiger partial charge >= 0.3 is 0 Å². The molecule has 2 rings (SSSR count). The molecule has 1 heterocycles. The fourth-order valence-corrected chi connectivity index (χ4v) is 2.39. The number of para-hydroxylation sites is 1. The lowest BCUT2D eigenvalue weighted by molar-refractivity contribution is 0.282. The van der Waals surface area contributed by atoms with Crippen molar-refractivity contribution in [1.82, 2.24) is 5.32 Å². The summed E-state index contributed by atoms with van der Waals surface area (Å²) in [5.41, 5.74) is 1.34. The molecule has 1 aliphatic rings. The molecule has 0 spiro atoms. The maximum atomic E-state index is 8.68. The van der Waals surface area contributed by atoms with Crippen LogP contribution in [-0.2, 0) is 0 Å². The average Bonchev–Trinajstić information content (AvgIpc) is 2.81. The van der Waals surface area contributed by atoms with Gasteiger partial charge in [0, 0.05) is 24.6 Å². The first-order valence-corrected chi connectivity index (χ1v) is 6.95. The predicted molar refractivity (Wildman–Crippen MR) is 73.1 cm³/mol. The Labute approximate surface area is 109 Å². The van der Waals surface area contributed by atoms with Gasteiger partial charge in [0.25, 0.3) is 0 Å². The summed E-state index contributed by atoms with van der Waals surface area (Å²) in [6.07, 6.45) is 4.46. The number of aliphatic hydroxyl groups is 1. The van der Waals surface area contributed by atoms with Crippen LogP contribution in [0.5, 0.6) is 5.75 Å². The second-order valence-electron chi connectivity index (χ2n) is 4.89. The van der Waals surface area contributed by atoms with Crippen LogP contribution in [0.15, 0.2) is 24.3 Å². The van der Waals surface area contributed by atoms with Crippen LogP contribution in [0.1, 0.15) is 37.2 Å². The molecule has 1 aromatic carbocycles. The van der Waals surface area contributed by atoms with Crippen molar-refractivity contribution in [2.24, 2.45) is 0 Å². The number of hydrogen-bond acceptors (Lipinski definition) is 3. The first-order chi connectivity index (χ1) is 8.92. The number of ether oxygens (including phenoxy) is 1. The topological polar surface area (TPSA) is 41.5 Å². The van der Waals surface area contributed by atoms with Crippen molar-refractivity contribution in [2.45, 2.75) is 31.6 Å². The molecule has 0 saturated heterocycles. The molecule has 0 aliphatic carbocycles. The number of benzene rings is 1. The molecular formula is C15H23NO2. The molecule has 0 bridgehead atoms. The van der Waals surface area contributed by atoms with Crippen LogP contribution in [0.4, 0.5) is 0 Å². The van der Waals surface area contributed by atoms with Crippen molar-refractivity contribution in [3.63, 3.8) is 0 Å².